The van der Waals surface area contributed by atoms with Gasteiger partial charge in [-0.25, -0.2) is 4.79 Å². The molecule has 1 saturated carbocycles. The molecule has 1 aliphatic carbocycles. The third-order valence-electron chi connectivity index (χ3n) is 2.44. The van der Waals surface area contributed by atoms with Crippen molar-refractivity contribution in [1.82, 2.24) is 5.32 Å². The van der Waals surface area contributed by atoms with Crippen LogP contribution in [-0.4, -0.2) is 49.5 Å². The first-order valence-corrected chi connectivity index (χ1v) is 5.92. The molecule has 0 aromatic carbocycles. The lowest BCUT2D eigenvalue weighted by molar-refractivity contribution is -0.144. The van der Waals surface area contributed by atoms with Crippen molar-refractivity contribution < 1.29 is 24.2 Å². The van der Waals surface area contributed by atoms with Gasteiger partial charge in [0.05, 0.1) is 19.8 Å². The highest BCUT2D eigenvalue weighted by Crippen LogP contribution is 2.28. The van der Waals surface area contributed by atoms with Crippen LogP contribution in [0.2, 0.25) is 0 Å². The minimum absolute atomic E-state index is 0.0876. The highest BCUT2D eigenvalue weighted by molar-refractivity contribution is 5.84. The van der Waals surface area contributed by atoms with Crippen LogP contribution in [0.5, 0.6) is 0 Å². The molecule has 0 aromatic rings. The van der Waals surface area contributed by atoms with Gasteiger partial charge in [-0.15, -0.1) is 6.58 Å². The maximum absolute atomic E-state index is 11.4. The zero-order valence-electron chi connectivity index (χ0n) is 10.3. The Morgan fingerprint density at radius 1 is 1.44 bits per heavy atom. The number of nitrogens with one attached hydrogen (secondary N) is 1. The van der Waals surface area contributed by atoms with E-state index in [1.165, 1.54) is 6.08 Å². The summed E-state index contributed by atoms with van der Waals surface area (Å²) in [6.07, 6.45) is 3.81. The molecule has 0 aliphatic heterocycles. The highest BCUT2D eigenvalue weighted by atomic mass is 16.5. The third kappa shape index (κ3) is 6.36. The van der Waals surface area contributed by atoms with Gasteiger partial charge in [0.2, 0.25) is 5.91 Å². The van der Waals surface area contributed by atoms with Gasteiger partial charge in [0.1, 0.15) is 6.61 Å². The SMILES string of the molecule is C=CCOCC(NC(=O)COCC1CC1)C(=O)O. The van der Waals surface area contributed by atoms with Crippen LogP contribution in [0.4, 0.5) is 0 Å². The summed E-state index contributed by atoms with van der Waals surface area (Å²) in [6.45, 7) is 4.06. The van der Waals surface area contributed by atoms with Crippen LogP contribution in [0.3, 0.4) is 0 Å². The summed E-state index contributed by atoms with van der Waals surface area (Å²) in [5, 5.41) is 11.2. The Balaban J connectivity index is 2.18. The molecule has 1 unspecified atom stereocenters. The van der Waals surface area contributed by atoms with E-state index in [0.29, 0.717) is 12.5 Å². The van der Waals surface area contributed by atoms with Crippen molar-refractivity contribution in [2.24, 2.45) is 5.92 Å². The molecule has 18 heavy (non-hydrogen) atoms. The summed E-state index contributed by atoms with van der Waals surface area (Å²) in [4.78, 5) is 22.3. The first-order chi connectivity index (χ1) is 8.63. The molecule has 0 radical (unpaired) electrons. The van der Waals surface area contributed by atoms with Crippen LogP contribution >= 0.6 is 0 Å². The van der Waals surface area contributed by atoms with Crippen LogP contribution in [0, 0.1) is 5.92 Å². The molecule has 0 bridgehead atoms. The van der Waals surface area contributed by atoms with Gasteiger partial charge in [0, 0.05) is 0 Å². The Morgan fingerprint density at radius 3 is 2.72 bits per heavy atom. The smallest absolute Gasteiger partial charge is 0.328 e. The maximum Gasteiger partial charge on any atom is 0.328 e. The van der Waals surface area contributed by atoms with Gasteiger partial charge in [0.25, 0.3) is 0 Å². The first-order valence-electron chi connectivity index (χ1n) is 5.92. The lowest BCUT2D eigenvalue weighted by Gasteiger charge is -2.14. The molecule has 1 fully saturated rings. The van der Waals surface area contributed by atoms with E-state index in [4.69, 9.17) is 14.6 Å². The van der Waals surface area contributed by atoms with E-state index >= 15 is 0 Å². The fraction of sp³-hybridized carbons (Fsp3) is 0.667. The quantitative estimate of drug-likeness (QED) is 0.431. The van der Waals surface area contributed by atoms with E-state index in [0.717, 1.165) is 12.8 Å². The standard InChI is InChI=1S/C12H19NO5/c1-2-5-17-7-10(12(15)16)13-11(14)8-18-6-9-3-4-9/h2,9-10H,1,3-8H2,(H,13,14)(H,15,16). The fourth-order valence-electron chi connectivity index (χ4n) is 1.28. The number of hydrogen-bond acceptors (Lipinski definition) is 4. The molecule has 1 atom stereocenters. The number of amides is 1. The molecule has 0 heterocycles. The van der Waals surface area contributed by atoms with E-state index in [-0.39, 0.29) is 19.8 Å². The molecule has 0 aromatic heterocycles. The Labute approximate surface area is 106 Å². The summed E-state index contributed by atoms with van der Waals surface area (Å²) >= 11 is 0. The average molecular weight is 257 g/mol. The van der Waals surface area contributed by atoms with E-state index in [9.17, 15) is 9.59 Å². The van der Waals surface area contributed by atoms with Gasteiger partial charge in [0.15, 0.2) is 6.04 Å². The summed E-state index contributed by atoms with van der Waals surface area (Å²) in [7, 11) is 0. The van der Waals surface area contributed by atoms with Crippen LogP contribution in [0.1, 0.15) is 12.8 Å². The number of ether oxygens (including phenoxy) is 2. The van der Waals surface area contributed by atoms with E-state index in [2.05, 4.69) is 11.9 Å². The summed E-state index contributed by atoms with van der Waals surface area (Å²) in [6, 6.07) is -1.05. The predicted octanol–water partition coefficient (Wildman–Crippen LogP) is 0.185. The van der Waals surface area contributed by atoms with Gasteiger partial charge in [-0.05, 0) is 18.8 Å². The Hall–Kier alpha value is -1.40. The maximum atomic E-state index is 11.4. The summed E-state index contributed by atoms with van der Waals surface area (Å²) < 4.78 is 10.2. The molecular weight excluding hydrogens is 238 g/mol. The molecule has 102 valence electrons. The third-order valence-corrected chi connectivity index (χ3v) is 2.44. The van der Waals surface area contributed by atoms with Gasteiger partial charge < -0.3 is 19.9 Å². The molecule has 1 rings (SSSR count). The van der Waals surface area contributed by atoms with Crippen molar-refractivity contribution >= 4 is 11.9 Å². The zero-order chi connectivity index (χ0) is 13.4. The van der Waals surface area contributed by atoms with Crippen molar-refractivity contribution in [2.75, 3.05) is 26.4 Å². The predicted molar refractivity (Wildman–Crippen MR) is 64.1 cm³/mol. The van der Waals surface area contributed by atoms with Crippen LogP contribution in [0.15, 0.2) is 12.7 Å². The number of carboxylic acids is 1. The van der Waals surface area contributed by atoms with Crippen LogP contribution in [-0.2, 0) is 19.1 Å². The van der Waals surface area contributed by atoms with Crippen molar-refractivity contribution in [2.45, 2.75) is 18.9 Å². The van der Waals surface area contributed by atoms with E-state index in [1.54, 1.807) is 0 Å². The molecule has 0 spiro atoms. The minimum atomic E-state index is -1.13. The Morgan fingerprint density at radius 2 is 2.17 bits per heavy atom. The number of rotatable bonds is 10. The van der Waals surface area contributed by atoms with Gasteiger partial charge >= 0.3 is 5.97 Å². The molecule has 1 aliphatic rings. The fourth-order valence-corrected chi connectivity index (χ4v) is 1.28. The number of carboxylic acid groups (broad SMARTS) is 1. The van der Waals surface area contributed by atoms with E-state index < -0.39 is 17.9 Å². The van der Waals surface area contributed by atoms with Crippen molar-refractivity contribution in [3.63, 3.8) is 0 Å². The number of aliphatic carboxylic acids is 1. The number of carbonyl (C=O) groups excluding carboxylic acids is 1. The highest BCUT2D eigenvalue weighted by Gasteiger charge is 2.23. The van der Waals surface area contributed by atoms with Crippen LogP contribution in [0.25, 0.3) is 0 Å². The minimum Gasteiger partial charge on any atom is -0.480 e. The van der Waals surface area contributed by atoms with Gasteiger partial charge in [-0.2, -0.15) is 0 Å². The molecule has 6 nitrogen and oxygen atoms in total. The van der Waals surface area contributed by atoms with Gasteiger partial charge in [-0.1, -0.05) is 6.08 Å². The summed E-state index contributed by atoms with van der Waals surface area (Å²) in [5.41, 5.74) is 0. The average Bonchev–Trinajstić information content (AvgIpc) is 3.12. The lowest BCUT2D eigenvalue weighted by Crippen LogP contribution is -2.45. The van der Waals surface area contributed by atoms with E-state index in [1.807, 2.05) is 0 Å². The molecule has 6 heteroatoms. The van der Waals surface area contributed by atoms with Gasteiger partial charge in [-0.3, -0.25) is 4.79 Å². The number of carbonyl (C=O) groups is 2. The monoisotopic (exact) mass is 257 g/mol. The zero-order valence-corrected chi connectivity index (χ0v) is 10.3. The first kappa shape index (κ1) is 14.7. The Bertz CT molecular complexity index is 301. The normalized spacial score (nSPS) is 16.0. The molecule has 2 N–H and O–H groups in total. The largest absolute Gasteiger partial charge is 0.480 e. The second-order valence-electron chi connectivity index (χ2n) is 4.24. The second kappa shape index (κ2) is 7.84. The van der Waals surface area contributed by atoms with Crippen molar-refractivity contribution in [1.29, 1.82) is 0 Å². The lowest BCUT2D eigenvalue weighted by atomic mass is 10.3. The van der Waals surface area contributed by atoms with Crippen molar-refractivity contribution in [3.8, 4) is 0 Å². The molecule has 0 saturated heterocycles. The second-order valence-corrected chi connectivity index (χ2v) is 4.24. The topological polar surface area (TPSA) is 84.9 Å². The van der Waals surface area contributed by atoms with Crippen molar-refractivity contribution in [3.05, 3.63) is 12.7 Å². The molecular formula is C12H19NO5. The molecule has 1 amide bonds. The summed E-state index contributed by atoms with van der Waals surface area (Å²) in [5.74, 6) is -0.996. The van der Waals surface area contributed by atoms with Crippen LogP contribution < -0.4 is 5.32 Å². The number of hydrogen-bond donors (Lipinski definition) is 2. The Kier molecular flexibility index (Phi) is 6.38.